The molecule has 1 aliphatic carbocycles. The topological polar surface area (TPSA) is 20.2 Å². The highest BCUT2D eigenvalue weighted by Gasteiger charge is 2.34. The Morgan fingerprint density at radius 2 is 2.06 bits per heavy atom. The molecule has 1 fully saturated rings. The van der Waals surface area contributed by atoms with Crippen molar-refractivity contribution in [3.8, 4) is 0 Å². The van der Waals surface area contributed by atoms with Crippen LogP contribution in [0.25, 0.3) is 0 Å². The normalized spacial score (nSPS) is 19.6. The predicted octanol–water partition coefficient (Wildman–Crippen LogP) is 3.87. The minimum Gasteiger partial charge on any atom is -0.388 e. The lowest BCUT2D eigenvalue weighted by Crippen LogP contribution is -2.12. The number of hydrogen-bond donors (Lipinski definition) is 1. The van der Waals surface area contributed by atoms with E-state index in [2.05, 4.69) is 0 Å². The van der Waals surface area contributed by atoms with E-state index in [4.69, 9.17) is 11.6 Å². The van der Waals surface area contributed by atoms with E-state index in [9.17, 15) is 9.50 Å². The van der Waals surface area contributed by atoms with E-state index < -0.39 is 6.10 Å². The fourth-order valence-electron chi connectivity index (χ4n) is 2.07. The van der Waals surface area contributed by atoms with Gasteiger partial charge in [-0.3, -0.25) is 0 Å². The average molecular weight is 243 g/mol. The molecule has 2 rings (SSSR count). The second-order valence-electron chi connectivity index (χ2n) is 4.76. The molecule has 3 heteroatoms. The van der Waals surface area contributed by atoms with Crippen LogP contribution in [0.4, 0.5) is 4.39 Å². The van der Waals surface area contributed by atoms with Crippen LogP contribution in [0.3, 0.4) is 0 Å². The van der Waals surface area contributed by atoms with Gasteiger partial charge in [0, 0.05) is 5.02 Å². The summed E-state index contributed by atoms with van der Waals surface area (Å²) < 4.78 is 13.2. The molecule has 0 bridgehead atoms. The molecule has 2 atom stereocenters. The van der Waals surface area contributed by atoms with E-state index in [1.807, 2.05) is 6.92 Å². The van der Waals surface area contributed by atoms with E-state index in [0.717, 1.165) is 0 Å². The Balaban J connectivity index is 2.28. The van der Waals surface area contributed by atoms with Crippen LogP contribution in [0.5, 0.6) is 0 Å². The van der Waals surface area contributed by atoms with Gasteiger partial charge in [0.05, 0.1) is 6.10 Å². The molecule has 0 radical (unpaired) electrons. The molecule has 16 heavy (non-hydrogen) atoms. The smallest absolute Gasteiger partial charge is 0.127 e. The van der Waals surface area contributed by atoms with Crippen molar-refractivity contribution in [2.75, 3.05) is 0 Å². The van der Waals surface area contributed by atoms with E-state index in [1.165, 1.54) is 18.9 Å². The molecule has 2 unspecified atom stereocenters. The summed E-state index contributed by atoms with van der Waals surface area (Å²) in [6, 6.07) is 2.94. The van der Waals surface area contributed by atoms with Gasteiger partial charge < -0.3 is 5.11 Å². The van der Waals surface area contributed by atoms with Gasteiger partial charge in [-0.2, -0.15) is 0 Å². The minimum atomic E-state index is -0.584. The highest BCUT2D eigenvalue weighted by Crippen LogP contribution is 2.44. The lowest BCUT2D eigenvalue weighted by atomic mass is 9.92. The third kappa shape index (κ3) is 2.23. The molecule has 1 saturated carbocycles. The molecule has 0 aromatic heterocycles. The number of halogens is 2. The first kappa shape index (κ1) is 11.9. The van der Waals surface area contributed by atoms with Gasteiger partial charge in [0.1, 0.15) is 5.82 Å². The van der Waals surface area contributed by atoms with Gasteiger partial charge in [-0.25, -0.2) is 4.39 Å². The Bertz CT molecular complexity index is 401. The van der Waals surface area contributed by atoms with Crippen molar-refractivity contribution in [1.29, 1.82) is 0 Å². The maximum atomic E-state index is 13.2. The summed E-state index contributed by atoms with van der Waals surface area (Å²) in [6.07, 6.45) is 1.77. The van der Waals surface area contributed by atoms with Crippen molar-refractivity contribution in [3.05, 3.63) is 34.1 Å². The lowest BCUT2D eigenvalue weighted by molar-refractivity contribution is 0.106. The Kier molecular flexibility index (Phi) is 3.22. The van der Waals surface area contributed by atoms with Gasteiger partial charge in [0.2, 0.25) is 0 Å². The number of aliphatic hydroxyl groups excluding tert-OH is 1. The number of aliphatic hydroxyl groups is 1. The summed E-state index contributed by atoms with van der Waals surface area (Å²) in [5, 5.41) is 10.5. The molecule has 1 aromatic rings. The summed E-state index contributed by atoms with van der Waals surface area (Å²) in [5.41, 5.74) is 1.18. The van der Waals surface area contributed by atoms with E-state index >= 15 is 0 Å². The van der Waals surface area contributed by atoms with E-state index in [-0.39, 0.29) is 11.7 Å². The number of rotatable bonds is 3. The fraction of sp³-hybridized carbons (Fsp3) is 0.538. The highest BCUT2D eigenvalue weighted by atomic mass is 35.5. The molecule has 1 aliphatic rings. The first-order valence-electron chi connectivity index (χ1n) is 5.64. The Labute approximate surface area is 100 Å². The maximum absolute atomic E-state index is 13.2. The van der Waals surface area contributed by atoms with Crippen molar-refractivity contribution in [2.24, 2.45) is 11.8 Å². The van der Waals surface area contributed by atoms with Crippen LogP contribution in [0.15, 0.2) is 12.1 Å². The van der Waals surface area contributed by atoms with Gasteiger partial charge in [-0.05, 0) is 54.9 Å². The van der Waals surface area contributed by atoms with Crippen molar-refractivity contribution in [1.82, 2.24) is 0 Å². The average Bonchev–Trinajstić information content (AvgIpc) is 3.05. The Hall–Kier alpha value is -0.600. The van der Waals surface area contributed by atoms with Gasteiger partial charge in [-0.15, -0.1) is 0 Å². The summed E-state index contributed by atoms with van der Waals surface area (Å²) in [7, 11) is 0. The molecule has 1 nitrogen and oxygen atoms in total. The molecule has 0 saturated heterocycles. The molecular formula is C13H16ClFO. The predicted molar refractivity (Wildman–Crippen MR) is 63.0 cm³/mol. The molecule has 0 amide bonds. The van der Waals surface area contributed by atoms with Crippen LogP contribution in [-0.2, 0) is 0 Å². The van der Waals surface area contributed by atoms with Crippen molar-refractivity contribution >= 4 is 11.6 Å². The van der Waals surface area contributed by atoms with Crippen LogP contribution in [0.1, 0.15) is 37.0 Å². The molecule has 1 aromatic carbocycles. The molecule has 1 N–H and O–H groups in total. The molecular weight excluding hydrogens is 227 g/mol. The van der Waals surface area contributed by atoms with Gasteiger partial charge in [0.15, 0.2) is 0 Å². The summed E-state index contributed by atoms with van der Waals surface area (Å²) in [5.74, 6) is 0.471. The summed E-state index contributed by atoms with van der Waals surface area (Å²) >= 11 is 5.97. The molecule has 0 spiro atoms. The van der Waals surface area contributed by atoms with Crippen LogP contribution in [0, 0.1) is 24.6 Å². The van der Waals surface area contributed by atoms with Crippen LogP contribution in [-0.4, -0.2) is 5.11 Å². The standard InChI is InChI=1S/C13H16ClFO/c1-7-5-10(11(14)6-12(7)15)13(16)8(2)9-3-4-9/h5-6,8-9,13,16H,3-4H2,1-2H3. The van der Waals surface area contributed by atoms with Crippen molar-refractivity contribution in [3.63, 3.8) is 0 Å². The van der Waals surface area contributed by atoms with Crippen LogP contribution < -0.4 is 0 Å². The number of benzene rings is 1. The zero-order valence-corrected chi connectivity index (χ0v) is 10.3. The highest BCUT2D eigenvalue weighted by molar-refractivity contribution is 6.31. The fourth-order valence-corrected chi connectivity index (χ4v) is 2.33. The Morgan fingerprint density at radius 3 is 2.62 bits per heavy atom. The first-order valence-corrected chi connectivity index (χ1v) is 6.02. The zero-order chi connectivity index (χ0) is 11.9. The second-order valence-corrected chi connectivity index (χ2v) is 5.17. The monoisotopic (exact) mass is 242 g/mol. The first-order chi connectivity index (χ1) is 7.50. The van der Waals surface area contributed by atoms with E-state index in [0.29, 0.717) is 22.1 Å². The number of hydrogen-bond acceptors (Lipinski definition) is 1. The number of aryl methyl sites for hydroxylation is 1. The zero-order valence-electron chi connectivity index (χ0n) is 9.50. The minimum absolute atomic E-state index is 0.197. The molecule has 0 aliphatic heterocycles. The lowest BCUT2D eigenvalue weighted by Gasteiger charge is -2.20. The van der Waals surface area contributed by atoms with Gasteiger partial charge in [0.25, 0.3) is 0 Å². The van der Waals surface area contributed by atoms with Crippen LogP contribution >= 0.6 is 11.6 Å². The van der Waals surface area contributed by atoms with Crippen molar-refractivity contribution < 1.29 is 9.50 Å². The van der Waals surface area contributed by atoms with Gasteiger partial charge >= 0.3 is 0 Å². The summed E-state index contributed by atoms with van der Waals surface area (Å²) in [6.45, 7) is 3.71. The maximum Gasteiger partial charge on any atom is 0.127 e. The third-order valence-corrected chi connectivity index (χ3v) is 3.79. The van der Waals surface area contributed by atoms with Crippen LogP contribution in [0.2, 0.25) is 5.02 Å². The quantitative estimate of drug-likeness (QED) is 0.853. The van der Waals surface area contributed by atoms with Crippen molar-refractivity contribution in [2.45, 2.75) is 32.8 Å². The SMILES string of the molecule is Cc1cc(C(O)C(C)C2CC2)c(Cl)cc1F. The molecule has 0 heterocycles. The molecule has 88 valence electrons. The summed E-state index contributed by atoms with van der Waals surface area (Å²) in [4.78, 5) is 0. The third-order valence-electron chi connectivity index (χ3n) is 3.46. The largest absolute Gasteiger partial charge is 0.388 e. The Morgan fingerprint density at radius 1 is 1.44 bits per heavy atom. The van der Waals surface area contributed by atoms with E-state index in [1.54, 1.807) is 13.0 Å². The van der Waals surface area contributed by atoms with Gasteiger partial charge in [-0.1, -0.05) is 18.5 Å². The second kappa shape index (κ2) is 4.34.